The highest BCUT2D eigenvalue weighted by molar-refractivity contribution is 6.10. The van der Waals surface area contributed by atoms with Crippen molar-refractivity contribution in [2.75, 3.05) is 11.9 Å². The molecule has 2 N–H and O–H groups in total. The van der Waals surface area contributed by atoms with Crippen LogP contribution in [0.5, 0.6) is 5.75 Å². The number of ether oxygens (including phenoxy) is 1. The molecule has 25 heavy (non-hydrogen) atoms. The standard InChI is InChI=1S/C20H24N2O3/c1-4-13-25-18-12-8-6-10-16(18)20(24)22-17-11-7-5-9-15(17)19(23)21-14(2)3/h5-12,14H,4,13H2,1-3H3,(H,21,23)(H,22,24). The molecule has 5 heteroatoms. The van der Waals surface area contributed by atoms with Crippen LogP contribution in [-0.2, 0) is 0 Å². The molecule has 0 radical (unpaired) electrons. The molecule has 0 heterocycles. The van der Waals surface area contributed by atoms with Gasteiger partial charge in [0.15, 0.2) is 0 Å². The molecule has 0 aliphatic carbocycles. The molecule has 0 saturated heterocycles. The summed E-state index contributed by atoms with van der Waals surface area (Å²) in [5.41, 5.74) is 1.34. The number of amides is 2. The molecule has 5 nitrogen and oxygen atoms in total. The minimum absolute atomic E-state index is 0.0134. The topological polar surface area (TPSA) is 67.4 Å². The van der Waals surface area contributed by atoms with Crippen LogP contribution in [0.3, 0.4) is 0 Å². The summed E-state index contributed by atoms with van der Waals surface area (Å²) < 4.78 is 5.64. The van der Waals surface area contributed by atoms with Gasteiger partial charge < -0.3 is 15.4 Å². The maximum Gasteiger partial charge on any atom is 0.259 e. The quantitative estimate of drug-likeness (QED) is 0.804. The first-order valence-electron chi connectivity index (χ1n) is 8.46. The molecule has 0 saturated carbocycles. The summed E-state index contributed by atoms with van der Waals surface area (Å²) in [6.45, 7) is 6.32. The Hall–Kier alpha value is -2.82. The Balaban J connectivity index is 2.23. The van der Waals surface area contributed by atoms with Crippen LogP contribution in [0.4, 0.5) is 5.69 Å². The van der Waals surface area contributed by atoms with E-state index in [1.54, 1.807) is 42.5 Å². The number of carbonyl (C=O) groups is 2. The van der Waals surface area contributed by atoms with Crippen molar-refractivity contribution in [3.8, 4) is 5.75 Å². The number of hydrogen-bond donors (Lipinski definition) is 2. The van der Waals surface area contributed by atoms with Gasteiger partial charge in [-0.15, -0.1) is 0 Å². The van der Waals surface area contributed by atoms with Gasteiger partial charge in [-0.05, 0) is 44.5 Å². The lowest BCUT2D eigenvalue weighted by atomic mass is 10.1. The van der Waals surface area contributed by atoms with E-state index in [0.717, 1.165) is 6.42 Å². The average Bonchev–Trinajstić information content (AvgIpc) is 2.60. The van der Waals surface area contributed by atoms with Crippen LogP contribution in [-0.4, -0.2) is 24.5 Å². The minimum Gasteiger partial charge on any atom is -0.493 e. The smallest absolute Gasteiger partial charge is 0.259 e. The molecule has 0 spiro atoms. The van der Waals surface area contributed by atoms with Gasteiger partial charge in [-0.2, -0.15) is 0 Å². The van der Waals surface area contributed by atoms with Gasteiger partial charge in [-0.25, -0.2) is 0 Å². The Morgan fingerprint density at radius 3 is 2.28 bits per heavy atom. The van der Waals surface area contributed by atoms with Crippen molar-refractivity contribution in [3.63, 3.8) is 0 Å². The molecule has 0 fully saturated rings. The Labute approximate surface area is 148 Å². The molecule has 0 aromatic heterocycles. The van der Waals surface area contributed by atoms with Crippen molar-refractivity contribution < 1.29 is 14.3 Å². The van der Waals surface area contributed by atoms with Crippen LogP contribution in [0.1, 0.15) is 47.9 Å². The fourth-order valence-corrected chi connectivity index (χ4v) is 2.31. The summed E-state index contributed by atoms with van der Waals surface area (Å²) in [6, 6.07) is 14.0. The van der Waals surface area contributed by atoms with Gasteiger partial charge >= 0.3 is 0 Å². The normalized spacial score (nSPS) is 10.4. The maximum atomic E-state index is 12.7. The van der Waals surface area contributed by atoms with E-state index < -0.39 is 0 Å². The minimum atomic E-state index is -0.309. The Morgan fingerprint density at radius 1 is 0.960 bits per heavy atom. The zero-order chi connectivity index (χ0) is 18.2. The van der Waals surface area contributed by atoms with Gasteiger partial charge in [0.25, 0.3) is 11.8 Å². The van der Waals surface area contributed by atoms with Crippen molar-refractivity contribution in [1.82, 2.24) is 5.32 Å². The van der Waals surface area contributed by atoms with Crippen LogP contribution >= 0.6 is 0 Å². The molecule has 2 amide bonds. The van der Waals surface area contributed by atoms with Crippen LogP contribution in [0, 0.1) is 0 Å². The predicted octanol–water partition coefficient (Wildman–Crippen LogP) is 3.87. The first-order valence-corrected chi connectivity index (χ1v) is 8.46. The van der Waals surface area contributed by atoms with Gasteiger partial charge in [0, 0.05) is 6.04 Å². The van der Waals surface area contributed by atoms with E-state index in [2.05, 4.69) is 10.6 Å². The summed E-state index contributed by atoms with van der Waals surface area (Å²) in [5, 5.41) is 5.65. The molecule has 0 aliphatic heterocycles. The predicted molar refractivity (Wildman–Crippen MR) is 99.2 cm³/mol. The van der Waals surface area contributed by atoms with E-state index in [1.165, 1.54) is 0 Å². The molecular weight excluding hydrogens is 316 g/mol. The number of para-hydroxylation sites is 2. The fraction of sp³-hybridized carbons (Fsp3) is 0.300. The lowest BCUT2D eigenvalue weighted by Gasteiger charge is -2.14. The Kier molecular flexibility index (Phi) is 6.57. The third-order valence-corrected chi connectivity index (χ3v) is 3.43. The van der Waals surface area contributed by atoms with Crippen LogP contribution in [0.2, 0.25) is 0 Å². The van der Waals surface area contributed by atoms with Crippen molar-refractivity contribution in [3.05, 3.63) is 59.7 Å². The molecule has 0 atom stereocenters. The number of nitrogens with one attached hydrogen (secondary N) is 2. The highest BCUT2D eigenvalue weighted by atomic mass is 16.5. The van der Waals surface area contributed by atoms with E-state index in [9.17, 15) is 9.59 Å². The summed E-state index contributed by atoms with van der Waals surface area (Å²) in [7, 11) is 0. The SMILES string of the molecule is CCCOc1ccccc1C(=O)Nc1ccccc1C(=O)NC(C)C. The second kappa shape index (κ2) is 8.87. The monoisotopic (exact) mass is 340 g/mol. The summed E-state index contributed by atoms with van der Waals surface area (Å²) >= 11 is 0. The van der Waals surface area contributed by atoms with Crippen molar-refractivity contribution in [1.29, 1.82) is 0 Å². The number of hydrogen-bond acceptors (Lipinski definition) is 3. The van der Waals surface area contributed by atoms with Gasteiger partial charge in [0.2, 0.25) is 0 Å². The van der Waals surface area contributed by atoms with E-state index in [1.807, 2.05) is 26.8 Å². The first-order chi connectivity index (χ1) is 12.0. The highest BCUT2D eigenvalue weighted by Crippen LogP contribution is 2.22. The fourth-order valence-electron chi connectivity index (χ4n) is 2.31. The first kappa shape index (κ1) is 18.5. The van der Waals surface area contributed by atoms with Gasteiger partial charge in [0.05, 0.1) is 23.4 Å². The van der Waals surface area contributed by atoms with Crippen LogP contribution in [0.15, 0.2) is 48.5 Å². The van der Waals surface area contributed by atoms with E-state index in [4.69, 9.17) is 4.74 Å². The Bertz CT molecular complexity index is 741. The number of carbonyl (C=O) groups excluding carboxylic acids is 2. The lowest BCUT2D eigenvalue weighted by molar-refractivity contribution is 0.0944. The average molecular weight is 340 g/mol. The van der Waals surface area contributed by atoms with Gasteiger partial charge in [0.1, 0.15) is 5.75 Å². The van der Waals surface area contributed by atoms with Crippen molar-refractivity contribution in [2.45, 2.75) is 33.2 Å². The highest BCUT2D eigenvalue weighted by Gasteiger charge is 2.17. The number of benzene rings is 2. The molecule has 0 unspecified atom stereocenters. The molecular formula is C20H24N2O3. The molecule has 2 rings (SSSR count). The second-order valence-electron chi connectivity index (χ2n) is 5.97. The molecule has 0 bridgehead atoms. The van der Waals surface area contributed by atoms with Crippen LogP contribution < -0.4 is 15.4 Å². The number of rotatable bonds is 7. The maximum absolute atomic E-state index is 12.7. The molecule has 132 valence electrons. The van der Waals surface area contributed by atoms with Gasteiger partial charge in [-0.3, -0.25) is 9.59 Å². The lowest BCUT2D eigenvalue weighted by Crippen LogP contribution is -2.31. The van der Waals surface area contributed by atoms with E-state index in [-0.39, 0.29) is 17.9 Å². The third kappa shape index (κ3) is 5.08. The molecule has 0 aliphatic rings. The van der Waals surface area contributed by atoms with Gasteiger partial charge in [-0.1, -0.05) is 31.2 Å². The summed E-state index contributed by atoms with van der Waals surface area (Å²) in [4.78, 5) is 25.0. The largest absolute Gasteiger partial charge is 0.493 e. The van der Waals surface area contributed by atoms with Crippen LogP contribution in [0.25, 0.3) is 0 Å². The zero-order valence-corrected chi connectivity index (χ0v) is 14.8. The van der Waals surface area contributed by atoms with E-state index in [0.29, 0.717) is 29.2 Å². The Morgan fingerprint density at radius 2 is 1.60 bits per heavy atom. The molecule has 2 aromatic rings. The second-order valence-corrected chi connectivity index (χ2v) is 5.97. The summed E-state index contributed by atoms with van der Waals surface area (Å²) in [5.74, 6) is 0.00359. The zero-order valence-electron chi connectivity index (χ0n) is 14.8. The summed E-state index contributed by atoms with van der Waals surface area (Å²) in [6.07, 6.45) is 0.855. The number of anilines is 1. The molecule has 2 aromatic carbocycles. The van der Waals surface area contributed by atoms with Crippen molar-refractivity contribution in [2.24, 2.45) is 0 Å². The van der Waals surface area contributed by atoms with E-state index >= 15 is 0 Å². The van der Waals surface area contributed by atoms with Crippen molar-refractivity contribution >= 4 is 17.5 Å². The third-order valence-electron chi connectivity index (χ3n) is 3.43.